The zero-order chi connectivity index (χ0) is 15.9. The van der Waals surface area contributed by atoms with Crippen LogP contribution in [-0.2, 0) is 20.7 Å². The van der Waals surface area contributed by atoms with E-state index in [1.165, 1.54) is 12.1 Å². The molecule has 0 radical (unpaired) electrons. The van der Waals surface area contributed by atoms with Crippen LogP contribution in [0.2, 0.25) is 0 Å². The summed E-state index contributed by atoms with van der Waals surface area (Å²) in [6.45, 7) is 0. The van der Waals surface area contributed by atoms with Gasteiger partial charge in [0.25, 0.3) is 0 Å². The van der Waals surface area contributed by atoms with Gasteiger partial charge >= 0.3 is 11.9 Å². The van der Waals surface area contributed by atoms with Crippen LogP contribution in [-0.4, -0.2) is 22.2 Å². The van der Waals surface area contributed by atoms with Crippen molar-refractivity contribution in [2.24, 2.45) is 0 Å². The molecule has 1 atom stereocenters. The van der Waals surface area contributed by atoms with Gasteiger partial charge < -0.3 is 14.9 Å². The summed E-state index contributed by atoms with van der Waals surface area (Å²) in [5.41, 5.74) is 1.29. The summed E-state index contributed by atoms with van der Waals surface area (Å²) < 4.78 is 5.06. The lowest BCUT2D eigenvalue weighted by molar-refractivity contribution is -0.164. The molecular formula is C17H16O5. The van der Waals surface area contributed by atoms with Crippen molar-refractivity contribution in [2.45, 2.75) is 18.9 Å². The third kappa shape index (κ3) is 4.34. The number of hydrogen-bond acceptors (Lipinski definition) is 4. The fourth-order valence-electron chi connectivity index (χ4n) is 1.99. The van der Waals surface area contributed by atoms with Crippen molar-refractivity contribution in [2.75, 3.05) is 0 Å². The second-order valence-electron chi connectivity index (χ2n) is 4.79. The Balaban J connectivity index is 1.94. The van der Waals surface area contributed by atoms with Crippen LogP contribution in [0, 0.1) is 0 Å². The Bertz CT molecular complexity index is 634. The molecule has 0 spiro atoms. The largest absolute Gasteiger partial charge is 0.508 e. The first kappa shape index (κ1) is 15.6. The minimum absolute atomic E-state index is 0.0708. The van der Waals surface area contributed by atoms with E-state index in [0.29, 0.717) is 12.0 Å². The molecule has 0 saturated heterocycles. The van der Waals surface area contributed by atoms with Crippen LogP contribution in [0.1, 0.15) is 23.7 Å². The van der Waals surface area contributed by atoms with Crippen LogP contribution in [0.15, 0.2) is 54.6 Å². The van der Waals surface area contributed by atoms with Gasteiger partial charge in [0.15, 0.2) is 0 Å². The molecule has 114 valence electrons. The number of rotatable bonds is 6. The second-order valence-corrected chi connectivity index (χ2v) is 4.79. The molecule has 2 aromatic rings. The predicted molar refractivity (Wildman–Crippen MR) is 79.3 cm³/mol. The molecule has 0 aliphatic rings. The minimum Gasteiger partial charge on any atom is -0.508 e. The van der Waals surface area contributed by atoms with E-state index in [1.807, 2.05) is 0 Å². The van der Waals surface area contributed by atoms with Gasteiger partial charge in [0.2, 0.25) is 6.10 Å². The zero-order valence-corrected chi connectivity index (χ0v) is 11.8. The number of benzene rings is 2. The van der Waals surface area contributed by atoms with Crippen molar-refractivity contribution in [3.05, 3.63) is 65.7 Å². The van der Waals surface area contributed by atoms with Crippen LogP contribution in [0.5, 0.6) is 5.75 Å². The van der Waals surface area contributed by atoms with E-state index in [9.17, 15) is 19.8 Å². The van der Waals surface area contributed by atoms with E-state index in [1.54, 1.807) is 42.5 Å². The number of aliphatic carboxylic acids is 1. The molecule has 0 fully saturated rings. The van der Waals surface area contributed by atoms with E-state index >= 15 is 0 Å². The first-order valence-electron chi connectivity index (χ1n) is 6.81. The highest BCUT2D eigenvalue weighted by atomic mass is 16.6. The summed E-state index contributed by atoms with van der Waals surface area (Å²) in [6, 6.07) is 14.8. The molecule has 22 heavy (non-hydrogen) atoms. The lowest BCUT2D eigenvalue weighted by Crippen LogP contribution is -2.19. The monoisotopic (exact) mass is 300 g/mol. The quantitative estimate of drug-likeness (QED) is 0.801. The number of carbonyl (C=O) groups is 2. The van der Waals surface area contributed by atoms with Gasteiger partial charge in [-0.25, -0.2) is 4.79 Å². The van der Waals surface area contributed by atoms with Crippen LogP contribution in [0.3, 0.4) is 0 Å². The van der Waals surface area contributed by atoms with Gasteiger partial charge in [0.05, 0.1) is 0 Å². The first-order valence-corrected chi connectivity index (χ1v) is 6.81. The van der Waals surface area contributed by atoms with Crippen LogP contribution in [0.25, 0.3) is 0 Å². The number of phenolic OH excluding ortho intramolecular Hbond substituents is 1. The molecule has 2 rings (SSSR count). The SMILES string of the molecule is O=C(CCc1ccc(O)cc1)OC(C(=O)O)c1ccccc1. The van der Waals surface area contributed by atoms with Crippen LogP contribution < -0.4 is 0 Å². The number of hydrogen-bond donors (Lipinski definition) is 2. The lowest BCUT2D eigenvalue weighted by Gasteiger charge is -2.14. The fraction of sp³-hybridized carbons (Fsp3) is 0.176. The predicted octanol–water partition coefficient (Wildman–Crippen LogP) is 2.69. The smallest absolute Gasteiger partial charge is 0.349 e. The van der Waals surface area contributed by atoms with Gasteiger partial charge in [0.1, 0.15) is 5.75 Å². The van der Waals surface area contributed by atoms with E-state index < -0.39 is 18.0 Å². The molecule has 0 amide bonds. The summed E-state index contributed by atoms with van der Waals surface area (Å²) in [4.78, 5) is 23.1. The maximum atomic E-state index is 11.8. The molecule has 0 aromatic heterocycles. The molecule has 2 N–H and O–H groups in total. The third-order valence-electron chi connectivity index (χ3n) is 3.13. The Kier molecular flexibility index (Phi) is 5.14. The molecule has 0 bridgehead atoms. The van der Waals surface area contributed by atoms with Gasteiger partial charge in [-0.3, -0.25) is 4.79 Å². The number of carboxylic acids is 1. The number of ether oxygens (including phenoxy) is 1. The van der Waals surface area contributed by atoms with Crippen molar-refractivity contribution in [1.82, 2.24) is 0 Å². The summed E-state index contributed by atoms with van der Waals surface area (Å²) in [6.07, 6.45) is -0.810. The summed E-state index contributed by atoms with van der Waals surface area (Å²) in [5.74, 6) is -1.63. The molecule has 0 aliphatic carbocycles. The number of carbonyl (C=O) groups excluding carboxylic acids is 1. The van der Waals surface area contributed by atoms with Crippen molar-refractivity contribution in [1.29, 1.82) is 0 Å². The van der Waals surface area contributed by atoms with Gasteiger partial charge in [-0.15, -0.1) is 0 Å². The Morgan fingerprint density at radius 3 is 2.23 bits per heavy atom. The van der Waals surface area contributed by atoms with Gasteiger partial charge in [0, 0.05) is 12.0 Å². The topological polar surface area (TPSA) is 83.8 Å². The minimum atomic E-state index is -1.30. The number of esters is 1. The normalized spacial score (nSPS) is 11.6. The molecule has 5 heteroatoms. The Morgan fingerprint density at radius 2 is 1.64 bits per heavy atom. The van der Waals surface area contributed by atoms with E-state index in [2.05, 4.69) is 0 Å². The zero-order valence-electron chi connectivity index (χ0n) is 11.8. The Labute approximate surface area is 127 Å². The maximum absolute atomic E-state index is 11.8. The highest BCUT2D eigenvalue weighted by Crippen LogP contribution is 2.19. The maximum Gasteiger partial charge on any atom is 0.349 e. The van der Waals surface area contributed by atoms with Gasteiger partial charge in [-0.1, -0.05) is 42.5 Å². The summed E-state index contributed by atoms with van der Waals surface area (Å²) in [7, 11) is 0. The summed E-state index contributed by atoms with van der Waals surface area (Å²) >= 11 is 0. The number of aryl methyl sites for hydroxylation is 1. The van der Waals surface area contributed by atoms with E-state index in [-0.39, 0.29) is 12.2 Å². The first-order chi connectivity index (χ1) is 10.6. The van der Waals surface area contributed by atoms with Crippen molar-refractivity contribution in [3.63, 3.8) is 0 Å². The van der Waals surface area contributed by atoms with Gasteiger partial charge in [-0.2, -0.15) is 0 Å². The average molecular weight is 300 g/mol. The van der Waals surface area contributed by atoms with Crippen LogP contribution >= 0.6 is 0 Å². The summed E-state index contributed by atoms with van der Waals surface area (Å²) in [5, 5.41) is 18.4. The number of phenols is 1. The van der Waals surface area contributed by atoms with Gasteiger partial charge in [-0.05, 0) is 24.1 Å². The van der Waals surface area contributed by atoms with Crippen LogP contribution in [0.4, 0.5) is 0 Å². The Hall–Kier alpha value is -2.82. The van der Waals surface area contributed by atoms with E-state index in [0.717, 1.165) is 5.56 Å². The molecule has 1 unspecified atom stereocenters. The standard InChI is InChI=1S/C17H16O5/c18-14-9-6-12(7-10-14)8-11-15(19)22-16(17(20)21)13-4-2-1-3-5-13/h1-7,9-10,16,18H,8,11H2,(H,20,21). The van der Waals surface area contributed by atoms with E-state index in [4.69, 9.17) is 4.74 Å². The van der Waals surface area contributed by atoms with Crippen molar-refractivity contribution >= 4 is 11.9 Å². The van der Waals surface area contributed by atoms with Crippen molar-refractivity contribution in [3.8, 4) is 5.75 Å². The highest BCUT2D eigenvalue weighted by molar-refractivity contribution is 5.79. The molecule has 0 saturated carbocycles. The molecular weight excluding hydrogens is 284 g/mol. The fourth-order valence-corrected chi connectivity index (χ4v) is 1.99. The Morgan fingerprint density at radius 1 is 1.00 bits per heavy atom. The average Bonchev–Trinajstić information content (AvgIpc) is 2.52. The molecule has 2 aromatic carbocycles. The number of carboxylic acid groups (broad SMARTS) is 1. The molecule has 0 heterocycles. The second kappa shape index (κ2) is 7.26. The molecule has 0 aliphatic heterocycles. The molecule has 5 nitrogen and oxygen atoms in total. The number of aromatic hydroxyl groups is 1. The highest BCUT2D eigenvalue weighted by Gasteiger charge is 2.23. The van der Waals surface area contributed by atoms with Crippen molar-refractivity contribution < 1.29 is 24.5 Å². The third-order valence-corrected chi connectivity index (χ3v) is 3.13. The lowest BCUT2D eigenvalue weighted by atomic mass is 10.1.